The molecule has 154 valence electrons. The first-order valence-corrected chi connectivity index (χ1v) is 11.5. The molecule has 0 spiro atoms. The third-order valence-corrected chi connectivity index (χ3v) is 7.35. The molecule has 2 atom stereocenters. The Labute approximate surface area is 170 Å². The lowest BCUT2D eigenvalue weighted by molar-refractivity contribution is -0.128. The van der Waals surface area contributed by atoms with E-state index in [2.05, 4.69) is 34.5 Å². The highest BCUT2D eigenvalue weighted by Crippen LogP contribution is 2.41. The molecule has 0 aromatic heterocycles. The van der Waals surface area contributed by atoms with E-state index in [0.717, 1.165) is 19.4 Å². The van der Waals surface area contributed by atoms with Crippen molar-refractivity contribution >= 4 is 5.91 Å². The molecular weight excluding hydrogens is 346 g/mol. The number of hydrogen-bond donors (Lipinski definition) is 2. The van der Waals surface area contributed by atoms with Gasteiger partial charge in [-0.15, -0.1) is 0 Å². The van der Waals surface area contributed by atoms with E-state index >= 15 is 0 Å². The molecule has 0 radical (unpaired) electrons. The standard InChI is InChI=1S/C24H37N3O/c25-23-20-9-6-10-21(23)15-22(14-20)24(28)26-16-18-7-5-8-19(13-18)17-27-11-3-1-2-4-12-27/h5,7-8,13,20-23H,1-4,6,9-12,14-17,25H2,(H,26,28). The summed E-state index contributed by atoms with van der Waals surface area (Å²) >= 11 is 0. The maximum absolute atomic E-state index is 12.8. The highest BCUT2D eigenvalue weighted by Gasteiger charge is 2.40. The van der Waals surface area contributed by atoms with Crippen molar-refractivity contribution in [3.05, 3.63) is 35.4 Å². The van der Waals surface area contributed by atoms with Crippen LogP contribution < -0.4 is 11.1 Å². The molecule has 28 heavy (non-hydrogen) atoms. The zero-order valence-corrected chi connectivity index (χ0v) is 17.2. The van der Waals surface area contributed by atoms with E-state index in [0.29, 0.717) is 24.4 Å². The van der Waals surface area contributed by atoms with Gasteiger partial charge in [0, 0.05) is 25.0 Å². The number of carbonyl (C=O) groups excluding carboxylic acids is 1. The number of hydrogen-bond acceptors (Lipinski definition) is 3. The Hall–Kier alpha value is -1.39. The molecule has 3 N–H and O–H groups in total. The summed E-state index contributed by atoms with van der Waals surface area (Å²) < 4.78 is 0. The Morgan fingerprint density at radius 3 is 2.39 bits per heavy atom. The molecule has 4 rings (SSSR count). The van der Waals surface area contributed by atoms with Crippen molar-refractivity contribution in [2.75, 3.05) is 13.1 Å². The average molecular weight is 384 g/mol. The summed E-state index contributed by atoms with van der Waals surface area (Å²) in [5, 5.41) is 3.22. The monoisotopic (exact) mass is 383 g/mol. The molecule has 2 aliphatic carbocycles. The summed E-state index contributed by atoms with van der Waals surface area (Å²) in [6, 6.07) is 9.10. The van der Waals surface area contributed by atoms with Crippen LogP contribution in [0.3, 0.4) is 0 Å². The lowest BCUT2D eigenvalue weighted by Crippen LogP contribution is -2.49. The quantitative estimate of drug-likeness (QED) is 0.812. The van der Waals surface area contributed by atoms with Gasteiger partial charge in [-0.25, -0.2) is 0 Å². The number of benzene rings is 1. The first kappa shape index (κ1) is 19.9. The van der Waals surface area contributed by atoms with Crippen molar-refractivity contribution in [3.8, 4) is 0 Å². The van der Waals surface area contributed by atoms with Crippen LogP contribution in [0.2, 0.25) is 0 Å². The Kier molecular flexibility index (Phi) is 6.69. The molecule has 4 heteroatoms. The van der Waals surface area contributed by atoms with E-state index < -0.39 is 0 Å². The second kappa shape index (κ2) is 9.41. The third-order valence-electron chi connectivity index (χ3n) is 7.35. The Morgan fingerprint density at radius 1 is 1.00 bits per heavy atom. The van der Waals surface area contributed by atoms with E-state index in [4.69, 9.17) is 5.73 Å². The van der Waals surface area contributed by atoms with Crippen LogP contribution in [0, 0.1) is 17.8 Å². The van der Waals surface area contributed by atoms with Gasteiger partial charge in [-0.05, 0) is 74.6 Å². The first-order chi connectivity index (χ1) is 13.7. The van der Waals surface area contributed by atoms with E-state index in [-0.39, 0.29) is 11.8 Å². The number of fused-ring (bicyclic) bond motifs is 2. The van der Waals surface area contributed by atoms with Crippen molar-refractivity contribution in [2.24, 2.45) is 23.5 Å². The van der Waals surface area contributed by atoms with Crippen LogP contribution in [0.15, 0.2) is 24.3 Å². The number of nitrogens with zero attached hydrogens (tertiary/aromatic N) is 1. The summed E-state index contributed by atoms with van der Waals surface area (Å²) in [6.07, 6.45) is 11.1. The summed E-state index contributed by atoms with van der Waals surface area (Å²) in [6.45, 7) is 4.11. The van der Waals surface area contributed by atoms with Crippen molar-refractivity contribution in [1.82, 2.24) is 10.2 Å². The van der Waals surface area contributed by atoms with E-state index in [1.54, 1.807) is 0 Å². The zero-order valence-electron chi connectivity index (χ0n) is 17.2. The SMILES string of the molecule is NC1C2CCCC1CC(C(=O)NCc1cccc(CN3CCCCCC3)c1)C2. The average Bonchev–Trinajstić information content (AvgIpc) is 2.95. The molecule has 1 aromatic carbocycles. The smallest absolute Gasteiger partial charge is 0.223 e. The lowest BCUT2D eigenvalue weighted by Gasteiger charge is -2.43. The van der Waals surface area contributed by atoms with Crippen LogP contribution in [0.1, 0.15) is 68.9 Å². The molecule has 1 aliphatic heterocycles. The summed E-state index contributed by atoms with van der Waals surface area (Å²) in [5.74, 6) is 1.51. The molecule has 3 aliphatic rings. The molecule has 1 amide bonds. The van der Waals surface area contributed by atoms with Gasteiger partial charge in [0.05, 0.1) is 0 Å². The molecular formula is C24H37N3O. The molecule has 4 nitrogen and oxygen atoms in total. The van der Waals surface area contributed by atoms with E-state index in [1.165, 1.54) is 69.2 Å². The van der Waals surface area contributed by atoms with Crippen molar-refractivity contribution in [1.29, 1.82) is 0 Å². The Balaban J connectivity index is 1.29. The molecule has 1 heterocycles. The van der Waals surface area contributed by atoms with Crippen molar-refractivity contribution in [3.63, 3.8) is 0 Å². The van der Waals surface area contributed by atoms with Gasteiger partial charge in [0.2, 0.25) is 5.91 Å². The highest BCUT2D eigenvalue weighted by molar-refractivity contribution is 5.78. The van der Waals surface area contributed by atoms with Gasteiger partial charge in [-0.2, -0.15) is 0 Å². The van der Waals surface area contributed by atoms with Gasteiger partial charge < -0.3 is 11.1 Å². The molecule has 1 aromatic rings. The minimum absolute atomic E-state index is 0.162. The number of amides is 1. The maximum atomic E-state index is 12.8. The van der Waals surface area contributed by atoms with Crippen LogP contribution in [0.5, 0.6) is 0 Å². The van der Waals surface area contributed by atoms with Crippen molar-refractivity contribution < 1.29 is 4.79 Å². The summed E-state index contributed by atoms with van der Waals surface area (Å²) in [4.78, 5) is 15.4. The van der Waals surface area contributed by atoms with Gasteiger partial charge in [0.25, 0.3) is 0 Å². The fraction of sp³-hybridized carbons (Fsp3) is 0.708. The third kappa shape index (κ3) is 4.96. The van der Waals surface area contributed by atoms with Crippen LogP contribution in [0.25, 0.3) is 0 Å². The number of nitrogens with one attached hydrogen (secondary N) is 1. The minimum Gasteiger partial charge on any atom is -0.352 e. The largest absolute Gasteiger partial charge is 0.352 e. The van der Waals surface area contributed by atoms with E-state index in [9.17, 15) is 4.79 Å². The van der Waals surface area contributed by atoms with Crippen LogP contribution in [-0.2, 0) is 17.9 Å². The van der Waals surface area contributed by atoms with Gasteiger partial charge in [-0.3, -0.25) is 9.69 Å². The minimum atomic E-state index is 0.162. The van der Waals surface area contributed by atoms with Crippen molar-refractivity contribution in [2.45, 2.75) is 76.9 Å². The van der Waals surface area contributed by atoms with Crippen LogP contribution in [-0.4, -0.2) is 29.9 Å². The Morgan fingerprint density at radius 2 is 1.68 bits per heavy atom. The zero-order chi connectivity index (χ0) is 19.3. The first-order valence-electron chi connectivity index (χ1n) is 11.5. The summed E-state index contributed by atoms with van der Waals surface area (Å²) in [5.41, 5.74) is 8.96. The number of carbonyl (C=O) groups is 1. The fourth-order valence-corrected chi connectivity index (χ4v) is 5.73. The predicted molar refractivity (Wildman–Crippen MR) is 114 cm³/mol. The lowest BCUT2D eigenvalue weighted by atomic mass is 9.65. The fourth-order valence-electron chi connectivity index (χ4n) is 5.73. The Bertz CT molecular complexity index is 639. The normalized spacial score (nSPS) is 31.2. The maximum Gasteiger partial charge on any atom is 0.223 e. The highest BCUT2D eigenvalue weighted by atomic mass is 16.1. The predicted octanol–water partition coefficient (Wildman–Crippen LogP) is 3.83. The second-order valence-corrected chi connectivity index (χ2v) is 9.42. The van der Waals surface area contributed by atoms with Crippen LogP contribution in [0.4, 0.5) is 0 Å². The topological polar surface area (TPSA) is 58.4 Å². The van der Waals surface area contributed by atoms with E-state index in [1.807, 2.05) is 0 Å². The molecule has 2 bridgehead atoms. The number of rotatable bonds is 5. The number of nitrogens with two attached hydrogens (primary N) is 1. The van der Waals surface area contributed by atoms with Gasteiger partial charge in [-0.1, -0.05) is 43.5 Å². The number of likely N-dealkylation sites (tertiary alicyclic amines) is 1. The van der Waals surface area contributed by atoms with Gasteiger partial charge in [0.1, 0.15) is 0 Å². The van der Waals surface area contributed by atoms with Gasteiger partial charge in [0.15, 0.2) is 0 Å². The molecule has 3 fully saturated rings. The van der Waals surface area contributed by atoms with Crippen LogP contribution >= 0.6 is 0 Å². The molecule has 2 saturated carbocycles. The summed E-state index contributed by atoms with van der Waals surface area (Å²) in [7, 11) is 0. The molecule has 1 saturated heterocycles. The van der Waals surface area contributed by atoms with Gasteiger partial charge >= 0.3 is 0 Å². The molecule has 2 unspecified atom stereocenters. The second-order valence-electron chi connectivity index (χ2n) is 9.42.